The third-order valence-corrected chi connectivity index (χ3v) is 2.74. The molecule has 1 rings (SSSR count). The number of rotatable bonds is 6. The van der Waals surface area contributed by atoms with Gasteiger partial charge >= 0.3 is 0 Å². The Hall–Kier alpha value is -1.81. The molecule has 0 aromatic heterocycles. The van der Waals surface area contributed by atoms with Crippen molar-refractivity contribution in [2.75, 3.05) is 0 Å². The summed E-state index contributed by atoms with van der Waals surface area (Å²) in [5.41, 5.74) is 7.72. The molecule has 0 heterocycles. The van der Waals surface area contributed by atoms with Crippen molar-refractivity contribution in [1.29, 1.82) is 0 Å². The van der Waals surface area contributed by atoms with Gasteiger partial charge in [0.05, 0.1) is 6.04 Å². The molecule has 0 saturated heterocycles. The van der Waals surface area contributed by atoms with E-state index in [0.717, 1.165) is 17.5 Å². The Morgan fingerprint density at radius 3 is 2.47 bits per heavy atom. The lowest BCUT2D eigenvalue weighted by Crippen LogP contribution is -2.32. The number of aliphatic imine (C=N–C) groups is 1. The zero-order valence-electron chi connectivity index (χ0n) is 11.4. The first-order valence-electron chi connectivity index (χ1n) is 6.44. The normalized spacial score (nSPS) is 12.6. The van der Waals surface area contributed by atoms with E-state index in [2.05, 4.69) is 4.99 Å². The third-order valence-electron chi connectivity index (χ3n) is 2.74. The summed E-state index contributed by atoms with van der Waals surface area (Å²) in [6.45, 7) is 3.37. The quantitative estimate of drug-likeness (QED) is 0.794. The van der Waals surface area contributed by atoms with Gasteiger partial charge in [-0.25, -0.2) is 4.99 Å². The first-order valence-corrected chi connectivity index (χ1v) is 6.44. The fraction of sp³-hybridized carbons (Fsp3) is 0.400. The van der Waals surface area contributed by atoms with E-state index in [1.165, 1.54) is 13.1 Å². The van der Waals surface area contributed by atoms with Crippen LogP contribution in [0, 0.1) is 0 Å². The van der Waals surface area contributed by atoms with Gasteiger partial charge in [0.15, 0.2) is 0 Å². The minimum Gasteiger partial charge on any atom is -0.321 e. The van der Waals surface area contributed by atoms with Gasteiger partial charge in [0.25, 0.3) is 0 Å². The monoisotopic (exact) mass is 260 g/mol. The van der Waals surface area contributed by atoms with Gasteiger partial charge in [0.1, 0.15) is 5.78 Å². The molecule has 2 N–H and O–H groups in total. The zero-order chi connectivity index (χ0) is 14.3. The van der Waals surface area contributed by atoms with Crippen molar-refractivity contribution in [3.05, 3.63) is 35.4 Å². The first kappa shape index (κ1) is 15.2. The van der Waals surface area contributed by atoms with E-state index in [4.69, 9.17) is 5.73 Å². The van der Waals surface area contributed by atoms with Crippen molar-refractivity contribution in [3.63, 3.8) is 0 Å². The molecule has 0 bridgehead atoms. The van der Waals surface area contributed by atoms with E-state index in [0.29, 0.717) is 12.8 Å². The number of amides is 1. The number of benzene rings is 1. The zero-order valence-corrected chi connectivity index (χ0v) is 11.4. The van der Waals surface area contributed by atoms with Crippen molar-refractivity contribution in [2.45, 2.75) is 39.2 Å². The fourth-order valence-corrected chi connectivity index (χ4v) is 1.70. The van der Waals surface area contributed by atoms with Crippen LogP contribution in [-0.2, 0) is 16.0 Å². The Balaban J connectivity index is 2.61. The number of ketones is 1. The summed E-state index contributed by atoms with van der Waals surface area (Å²) in [5, 5.41) is 0. The third kappa shape index (κ3) is 5.57. The number of nitrogens with two attached hydrogens (primary N) is 1. The van der Waals surface area contributed by atoms with Gasteiger partial charge in [0.2, 0.25) is 5.91 Å². The molecule has 1 unspecified atom stereocenters. The van der Waals surface area contributed by atoms with Crippen molar-refractivity contribution >= 4 is 17.9 Å². The number of hydrogen-bond donors (Lipinski definition) is 1. The summed E-state index contributed by atoms with van der Waals surface area (Å²) in [4.78, 5) is 26.0. The topological polar surface area (TPSA) is 72.5 Å². The van der Waals surface area contributed by atoms with Crippen LogP contribution in [0.4, 0.5) is 0 Å². The molecule has 0 saturated carbocycles. The molecule has 0 fully saturated rings. The van der Waals surface area contributed by atoms with Crippen LogP contribution < -0.4 is 5.73 Å². The summed E-state index contributed by atoms with van der Waals surface area (Å²) in [5.74, 6) is -0.124. The summed E-state index contributed by atoms with van der Waals surface area (Å²) in [7, 11) is 0. The van der Waals surface area contributed by atoms with Crippen molar-refractivity contribution < 1.29 is 9.59 Å². The SMILES string of the molecule is CCCC(=O)C(N)Cc1ccc(C=NC(C)=O)cc1. The van der Waals surface area contributed by atoms with Crippen LogP contribution in [0.25, 0.3) is 0 Å². The average Bonchev–Trinajstić information content (AvgIpc) is 2.38. The Labute approximate surface area is 113 Å². The maximum Gasteiger partial charge on any atom is 0.242 e. The Morgan fingerprint density at radius 1 is 1.32 bits per heavy atom. The van der Waals surface area contributed by atoms with Crippen LogP contribution in [0.1, 0.15) is 37.8 Å². The minimum absolute atomic E-state index is 0.102. The predicted octanol–water partition coefficient (Wildman–Crippen LogP) is 1.89. The van der Waals surface area contributed by atoms with E-state index in [1.54, 1.807) is 0 Å². The molecule has 19 heavy (non-hydrogen) atoms. The van der Waals surface area contributed by atoms with Gasteiger partial charge < -0.3 is 5.73 Å². The highest BCUT2D eigenvalue weighted by Crippen LogP contribution is 2.07. The molecule has 0 spiro atoms. The second kappa shape index (κ2) is 7.59. The second-order valence-corrected chi connectivity index (χ2v) is 4.55. The summed E-state index contributed by atoms with van der Waals surface area (Å²) >= 11 is 0. The van der Waals surface area contributed by atoms with Gasteiger partial charge in [-0.2, -0.15) is 0 Å². The van der Waals surface area contributed by atoms with E-state index < -0.39 is 6.04 Å². The molecule has 0 radical (unpaired) electrons. The molecule has 0 aliphatic rings. The molecule has 0 aliphatic carbocycles. The van der Waals surface area contributed by atoms with E-state index >= 15 is 0 Å². The average molecular weight is 260 g/mol. The van der Waals surface area contributed by atoms with Crippen LogP contribution >= 0.6 is 0 Å². The Bertz CT molecular complexity index is 464. The lowest BCUT2D eigenvalue weighted by atomic mass is 10.00. The lowest BCUT2D eigenvalue weighted by Gasteiger charge is -2.10. The molecule has 4 nitrogen and oxygen atoms in total. The molecule has 1 aromatic carbocycles. The van der Waals surface area contributed by atoms with Crippen LogP contribution in [0.3, 0.4) is 0 Å². The van der Waals surface area contributed by atoms with Gasteiger partial charge in [-0.05, 0) is 24.0 Å². The number of nitrogens with zero attached hydrogens (tertiary/aromatic N) is 1. The fourth-order valence-electron chi connectivity index (χ4n) is 1.70. The van der Waals surface area contributed by atoms with E-state index in [9.17, 15) is 9.59 Å². The van der Waals surface area contributed by atoms with Crippen molar-refractivity contribution in [1.82, 2.24) is 0 Å². The largest absolute Gasteiger partial charge is 0.321 e. The first-order chi connectivity index (χ1) is 9.02. The smallest absolute Gasteiger partial charge is 0.242 e. The standard InChI is InChI=1S/C15H20N2O2/c1-3-4-15(19)14(16)9-12-5-7-13(8-6-12)10-17-11(2)18/h5-8,10,14H,3-4,9,16H2,1-2H3. The minimum atomic E-state index is -0.434. The highest BCUT2D eigenvalue weighted by atomic mass is 16.1. The maximum absolute atomic E-state index is 11.6. The van der Waals surface area contributed by atoms with Gasteiger partial charge in [-0.15, -0.1) is 0 Å². The molecule has 102 valence electrons. The molecular weight excluding hydrogens is 240 g/mol. The van der Waals surface area contributed by atoms with Crippen molar-refractivity contribution in [3.8, 4) is 0 Å². The van der Waals surface area contributed by atoms with Gasteiger partial charge in [-0.1, -0.05) is 31.2 Å². The van der Waals surface area contributed by atoms with Crippen LogP contribution in [0.15, 0.2) is 29.3 Å². The second-order valence-electron chi connectivity index (χ2n) is 4.55. The van der Waals surface area contributed by atoms with Gasteiger partial charge in [0, 0.05) is 19.6 Å². The number of carbonyl (C=O) groups excluding carboxylic acids is 2. The molecule has 4 heteroatoms. The van der Waals surface area contributed by atoms with Gasteiger partial charge in [-0.3, -0.25) is 9.59 Å². The number of hydrogen-bond acceptors (Lipinski definition) is 3. The summed E-state index contributed by atoms with van der Waals surface area (Å²) in [6.07, 6.45) is 3.43. The molecule has 1 amide bonds. The molecular formula is C15H20N2O2. The van der Waals surface area contributed by atoms with Crippen LogP contribution in [-0.4, -0.2) is 23.9 Å². The highest BCUT2D eigenvalue weighted by molar-refractivity contribution is 5.90. The highest BCUT2D eigenvalue weighted by Gasteiger charge is 2.12. The Morgan fingerprint density at radius 2 is 1.95 bits per heavy atom. The lowest BCUT2D eigenvalue weighted by molar-refractivity contribution is -0.120. The molecule has 1 atom stereocenters. The summed E-state index contributed by atoms with van der Waals surface area (Å²) in [6, 6.07) is 7.09. The molecule has 0 aliphatic heterocycles. The Kier molecular flexibility index (Phi) is 6.09. The van der Waals surface area contributed by atoms with Crippen LogP contribution in [0.5, 0.6) is 0 Å². The predicted molar refractivity (Wildman–Crippen MR) is 76.3 cm³/mol. The van der Waals surface area contributed by atoms with E-state index in [-0.39, 0.29) is 11.7 Å². The molecule has 1 aromatic rings. The van der Waals surface area contributed by atoms with Crippen molar-refractivity contribution in [2.24, 2.45) is 10.7 Å². The summed E-state index contributed by atoms with van der Waals surface area (Å²) < 4.78 is 0. The number of carbonyl (C=O) groups is 2. The van der Waals surface area contributed by atoms with E-state index in [1.807, 2.05) is 31.2 Å². The maximum atomic E-state index is 11.6. The number of Topliss-reactive ketones (excluding diaryl/α,β-unsaturated/α-hetero) is 1. The van der Waals surface area contributed by atoms with Crippen LogP contribution in [0.2, 0.25) is 0 Å².